The molecule has 0 aromatic carbocycles. The van der Waals surface area contributed by atoms with E-state index in [0.717, 1.165) is 32.1 Å². The Labute approximate surface area is 126 Å². The van der Waals surface area contributed by atoms with Gasteiger partial charge in [0.1, 0.15) is 11.9 Å². The molecule has 7 heteroatoms. The van der Waals surface area contributed by atoms with Gasteiger partial charge in [0.25, 0.3) is 0 Å². The first-order chi connectivity index (χ1) is 9.72. The van der Waals surface area contributed by atoms with Crippen molar-refractivity contribution >= 4 is 19.3 Å². The van der Waals surface area contributed by atoms with Gasteiger partial charge in [-0.15, -0.1) is 0 Å². The smallest absolute Gasteiger partial charge is 0.332 e. The Balaban J connectivity index is 3.37. The summed E-state index contributed by atoms with van der Waals surface area (Å²) in [6.45, 7) is 5.87. The van der Waals surface area contributed by atoms with Crippen molar-refractivity contribution in [3.05, 3.63) is 12.2 Å². The molecule has 21 heavy (non-hydrogen) atoms. The molecule has 0 aliphatic carbocycles. The fraction of sp³-hybridized carbons (Fsp3) is 0.714. The molecular formula is C14H26NO5P. The van der Waals surface area contributed by atoms with Crippen molar-refractivity contribution < 1.29 is 23.9 Å². The third-order valence-electron chi connectivity index (χ3n) is 2.94. The second-order valence-electron chi connectivity index (χ2n) is 5.27. The predicted octanol–water partition coefficient (Wildman–Crippen LogP) is 2.16. The Morgan fingerprint density at radius 3 is 2.10 bits per heavy atom. The molecule has 0 fully saturated rings. The molecule has 6 nitrogen and oxygen atoms in total. The van der Waals surface area contributed by atoms with Gasteiger partial charge in [-0.3, -0.25) is 14.2 Å². The first-order valence-corrected chi connectivity index (χ1v) is 9.02. The van der Waals surface area contributed by atoms with Crippen LogP contribution in [-0.2, 0) is 14.2 Å². The van der Waals surface area contributed by atoms with Crippen molar-refractivity contribution in [3.63, 3.8) is 0 Å². The first-order valence-electron chi connectivity index (χ1n) is 7.22. The summed E-state index contributed by atoms with van der Waals surface area (Å²) in [4.78, 5) is 39.7. The van der Waals surface area contributed by atoms with Crippen LogP contribution in [0.2, 0.25) is 0 Å². The van der Waals surface area contributed by atoms with Gasteiger partial charge >= 0.3 is 7.60 Å². The lowest BCUT2D eigenvalue weighted by molar-refractivity contribution is -0.118. The highest BCUT2D eigenvalue weighted by molar-refractivity contribution is 7.52. The van der Waals surface area contributed by atoms with Gasteiger partial charge < -0.3 is 15.1 Å². The summed E-state index contributed by atoms with van der Waals surface area (Å²) in [6.07, 6.45) is 5.07. The van der Waals surface area contributed by atoms with E-state index in [1.807, 2.05) is 0 Å². The monoisotopic (exact) mass is 319 g/mol. The van der Waals surface area contributed by atoms with Gasteiger partial charge in [-0.1, -0.05) is 32.3 Å². The number of rotatable bonds is 12. The van der Waals surface area contributed by atoms with Gasteiger partial charge in [0.05, 0.1) is 0 Å². The molecule has 0 radical (unpaired) electrons. The lowest BCUT2D eigenvalue weighted by Gasteiger charge is -2.05. The number of carbonyl (C=O) groups is 2. The molecule has 0 aromatic rings. The molecule has 0 atom stereocenters. The fourth-order valence-corrected chi connectivity index (χ4v) is 2.43. The molecule has 0 rings (SSSR count). The van der Waals surface area contributed by atoms with E-state index in [0.29, 0.717) is 18.5 Å². The van der Waals surface area contributed by atoms with Gasteiger partial charge in [-0.25, -0.2) is 0 Å². The number of nitrogens with one attached hydrogen (secondary N) is 1. The van der Waals surface area contributed by atoms with Crippen LogP contribution in [0.1, 0.15) is 51.9 Å². The van der Waals surface area contributed by atoms with Gasteiger partial charge in [-0.05, 0) is 19.8 Å². The summed E-state index contributed by atoms with van der Waals surface area (Å²) in [6, 6.07) is 0. The average molecular weight is 319 g/mol. The number of ketones is 1. The van der Waals surface area contributed by atoms with E-state index in [2.05, 4.69) is 11.9 Å². The quantitative estimate of drug-likeness (QED) is 0.290. The zero-order valence-corrected chi connectivity index (χ0v) is 13.5. The third kappa shape index (κ3) is 13.8. The highest BCUT2D eigenvalue weighted by Gasteiger charge is 2.18. The molecular weight excluding hydrogens is 293 g/mol. The Hall–Kier alpha value is -0.970. The largest absolute Gasteiger partial charge is 0.352 e. The molecule has 3 N–H and O–H groups in total. The zero-order valence-electron chi connectivity index (χ0n) is 12.6. The summed E-state index contributed by atoms with van der Waals surface area (Å²) in [5.74, 6) is -0.482. The molecule has 0 aromatic heterocycles. The maximum Gasteiger partial charge on any atom is 0.332 e. The van der Waals surface area contributed by atoms with Crippen LogP contribution >= 0.6 is 7.60 Å². The van der Waals surface area contributed by atoms with E-state index in [1.165, 1.54) is 0 Å². The van der Waals surface area contributed by atoms with Gasteiger partial charge in [0, 0.05) is 18.5 Å². The van der Waals surface area contributed by atoms with Crippen LogP contribution in [-0.4, -0.2) is 34.2 Å². The van der Waals surface area contributed by atoms with E-state index in [-0.39, 0.29) is 18.1 Å². The lowest BCUT2D eigenvalue weighted by Crippen LogP contribution is -2.24. The number of hydrogen-bond donors (Lipinski definition) is 3. The van der Waals surface area contributed by atoms with Crippen molar-refractivity contribution in [2.45, 2.75) is 51.9 Å². The summed E-state index contributed by atoms with van der Waals surface area (Å²) in [5.41, 5.74) is 0.509. The number of unbranched alkanes of at least 4 members (excludes halogenated alkanes) is 5. The molecule has 1 amide bonds. The minimum atomic E-state index is -4.20. The Bertz CT molecular complexity index is 402. The molecule has 0 saturated carbocycles. The van der Waals surface area contributed by atoms with Crippen molar-refractivity contribution in [2.75, 3.05) is 12.7 Å². The van der Waals surface area contributed by atoms with E-state index < -0.39 is 13.8 Å². The van der Waals surface area contributed by atoms with Gasteiger partial charge in [0.2, 0.25) is 5.91 Å². The predicted molar refractivity (Wildman–Crippen MR) is 82.1 cm³/mol. The lowest BCUT2D eigenvalue weighted by atomic mass is 10.1. The van der Waals surface area contributed by atoms with Crippen LogP contribution in [0.4, 0.5) is 0 Å². The van der Waals surface area contributed by atoms with Crippen molar-refractivity contribution in [2.24, 2.45) is 0 Å². The number of amides is 1. The first kappa shape index (κ1) is 20.0. The molecule has 0 spiro atoms. The van der Waals surface area contributed by atoms with Crippen LogP contribution in [0.15, 0.2) is 12.2 Å². The maximum absolute atomic E-state index is 11.2. The van der Waals surface area contributed by atoms with Crippen LogP contribution in [0.25, 0.3) is 0 Å². The van der Waals surface area contributed by atoms with Crippen molar-refractivity contribution in [1.82, 2.24) is 5.32 Å². The Morgan fingerprint density at radius 2 is 1.57 bits per heavy atom. The van der Waals surface area contributed by atoms with E-state index in [9.17, 15) is 14.2 Å². The topological polar surface area (TPSA) is 104 Å². The van der Waals surface area contributed by atoms with Crippen LogP contribution in [0, 0.1) is 0 Å². The third-order valence-corrected chi connectivity index (χ3v) is 3.70. The fourth-order valence-electron chi connectivity index (χ4n) is 1.82. The standard InChI is InChI=1S/C14H26NO5P/c1-12(2)14(17)15-10-8-6-4-3-5-7-9-13(16)11-21(18,19)20/h1,3-11H2,2H3,(H,15,17)(H2,18,19,20). The summed E-state index contributed by atoms with van der Waals surface area (Å²) in [7, 11) is -4.20. The minimum Gasteiger partial charge on any atom is -0.352 e. The summed E-state index contributed by atoms with van der Waals surface area (Å²) < 4.78 is 10.6. The molecule has 0 bridgehead atoms. The minimum absolute atomic E-state index is 0.112. The van der Waals surface area contributed by atoms with Gasteiger partial charge in [-0.2, -0.15) is 0 Å². The molecule has 0 heterocycles. The number of hydrogen-bond acceptors (Lipinski definition) is 3. The highest BCUT2D eigenvalue weighted by Crippen LogP contribution is 2.34. The summed E-state index contributed by atoms with van der Waals surface area (Å²) in [5, 5.41) is 2.76. The second kappa shape index (κ2) is 10.7. The van der Waals surface area contributed by atoms with Crippen molar-refractivity contribution in [1.29, 1.82) is 0 Å². The number of Topliss-reactive ketones (excluding diaryl/α,β-unsaturated/α-hetero) is 1. The zero-order chi connectivity index (χ0) is 16.3. The van der Waals surface area contributed by atoms with Crippen LogP contribution in [0.3, 0.4) is 0 Å². The highest BCUT2D eigenvalue weighted by atomic mass is 31.2. The van der Waals surface area contributed by atoms with Crippen LogP contribution in [0.5, 0.6) is 0 Å². The Kier molecular flexibility index (Phi) is 10.2. The molecule has 122 valence electrons. The van der Waals surface area contributed by atoms with Gasteiger partial charge in [0.15, 0.2) is 0 Å². The molecule has 0 unspecified atom stereocenters. The van der Waals surface area contributed by atoms with E-state index >= 15 is 0 Å². The summed E-state index contributed by atoms with van der Waals surface area (Å²) >= 11 is 0. The normalized spacial score (nSPS) is 11.2. The number of carbonyl (C=O) groups excluding carboxylic acids is 2. The Morgan fingerprint density at radius 1 is 1.05 bits per heavy atom. The van der Waals surface area contributed by atoms with E-state index in [4.69, 9.17) is 9.79 Å². The molecule has 0 aliphatic heterocycles. The second-order valence-corrected chi connectivity index (χ2v) is 6.91. The van der Waals surface area contributed by atoms with E-state index in [1.54, 1.807) is 6.92 Å². The molecule has 0 saturated heterocycles. The average Bonchev–Trinajstić information content (AvgIpc) is 2.34. The SMILES string of the molecule is C=C(C)C(=O)NCCCCCCCCC(=O)CP(=O)(O)O. The van der Waals surface area contributed by atoms with Crippen molar-refractivity contribution in [3.8, 4) is 0 Å². The van der Waals surface area contributed by atoms with Crippen LogP contribution < -0.4 is 5.32 Å². The molecule has 0 aliphatic rings. The maximum atomic E-state index is 11.2.